The normalized spacial score (nSPS) is 14.0. The van der Waals surface area contributed by atoms with Crippen molar-refractivity contribution in [2.24, 2.45) is 22.9 Å². The molecule has 0 aliphatic rings. The monoisotopic (exact) mass is 355 g/mol. The van der Waals surface area contributed by atoms with Crippen molar-refractivity contribution in [2.45, 2.75) is 67.7 Å². The maximum atomic E-state index is 5.82. The summed E-state index contributed by atoms with van der Waals surface area (Å²) in [6, 6.07) is 8.56. The van der Waals surface area contributed by atoms with Crippen molar-refractivity contribution in [1.29, 1.82) is 0 Å². The van der Waals surface area contributed by atoms with Gasteiger partial charge in [-0.25, -0.2) is 0 Å². The lowest BCUT2D eigenvalue weighted by molar-refractivity contribution is 0.174. The second-order valence-corrected chi connectivity index (χ2v) is 7.85. The Labute approximate surface area is 161 Å². The Morgan fingerprint density at radius 2 is 1.69 bits per heavy atom. The Morgan fingerprint density at radius 1 is 1.12 bits per heavy atom. The van der Waals surface area contributed by atoms with Gasteiger partial charge in [0.1, 0.15) is 5.76 Å². The van der Waals surface area contributed by atoms with E-state index < -0.39 is 0 Å². The molecule has 0 aromatic heterocycles. The second kappa shape index (κ2) is 11.0. The molecule has 0 aliphatic carbocycles. The van der Waals surface area contributed by atoms with Crippen molar-refractivity contribution < 1.29 is 4.84 Å². The molecule has 0 radical (unpaired) electrons. The van der Waals surface area contributed by atoms with E-state index in [1.165, 1.54) is 11.1 Å². The molecule has 1 rings (SSSR count). The van der Waals surface area contributed by atoms with E-state index in [9.17, 15) is 0 Å². The van der Waals surface area contributed by atoms with Crippen molar-refractivity contribution >= 4 is 11.3 Å². The Balaban J connectivity index is 2.96. The summed E-state index contributed by atoms with van der Waals surface area (Å²) in [7, 11) is 0. The van der Waals surface area contributed by atoms with E-state index >= 15 is 0 Å². The number of benzene rings is 1. The fourth-order valence-electron chi connectivity index (χ4n) is 3.07. The van der Waals surface area contributed by atoms with Gasteiger partial charge < -0.3 is 4.84 Å². The first-order valence-corrected chi connectivity index (χ1v) is 9.97. The largest absolute Gasteiger partial charge is 0.362 e. The van der Waals surface area contributed by atoms with Crippen LogP contribution in [0.4, 0.5) is 0 Å². The molecule has 1 atom stereocenters. The minimum absolute atomic E-state index is 0.284. The number of nitrogens with zero attached hydrogens (tertiary/aromatic N) is 1. The van der Waals surface area contributed by atoms with Crippen LogP contribution in [-0.4, -0.2) is 5.71 Å². The van der Waals surface area contributed by atoms with Gasteiger partial charge in [0.25, 0.3) is 0 Å². The molecule has 0 bridgehead atoms. The third kappa shape index (κ3) is 6.82. The minimum Gasteiger partial charge on any atom is -0.362 e. The zero-order chi connectivity index (χ0) is 19.7. The minimum atomic E-state index is 0.284. The molecule has 26 heavy (non-hydrogen) atoms. The molecular formula is C24H37NO. The lowest BCUT2D eigenvalue weighted by Crippen LogP contribution is -2.13. The number of allylic oxidation sites excluding steroid dienone is 3. The van der Waals surface area contributed by atoms with Gasteiger partial charge in [0, 0.05) is 5.92 Å². The van der Waals surface area contributed by atoms with E-state index in [2.05, 4.69) is 90.5 Å². The van der Waals surface area contributed by atoms with Crippen LogP contribution in [0, 0.1) is 17.8 Å². The molecule has 0 saturated carbocycles. The van der Waals surface area contributed by atoms with Crippen LogP contribution in [0.15, 0.2) is 47.8 Å². The number of hydrogen-bond acceptors (Lipinski definition) is 2. The molecule has 0 N–H and O–H groups in total. The molecule has 2 nitrogen and oxygen atoms in total. The highest BCUT2D eigenvalue weighted by Gasteiger charge is 2.17. The van der Waals surface area contributed by atoms with Crippen LogP contribution in [-0.2, 0) is 4.84 Å². The van der Waals surface area contributed by atoms with Crippen LogP contribution in [0.3, 0.4) is 0 Å². The third-order valence-electron chi connectivity index (χ3n) is 4.73. The first-order valence-electron chi connectivity index (χ1n) is 9.97. The van der Waals surface area contributed by atoms with Gasteiger partial charge in [-0.2, -0.15) is 0 Å². The molecule has 1 aromatic carbocycles. The van der Waals surface area contributed by atoms with Crippen molar-refractivity contribution in [3.05, 3.63) is 53.8 Å². The van der Waals surface area contributed by atoms with Crippen LogP contribution >= 0.6 is 0 Å². The fourth-order valence-corrected chi connectivity index (χ4v) is 3.07. The van der Waals surface area contributed by atoms with Crippen LogP contribution in [0.2, 0.25) is 0 Å². The van der Waals surface area contributed by atoms with Gasteiger partial charge >= 0.3 is 0 Å². The molecule has 1 aromatic rings. The maximum absolute atomic E-state index is 5.82. The van der Waals surface area contributed by atoms with Crippen molar-refractivity contribution in [3.63, 3.8) is 0 Å². The van der Waals surface area contributed by atoms with Crippen molar-refractivity contribution in [1.82, 2.24) is 0 Å². The van der Waals surface area contributed by atoms with Gasteiger partial charge in [-0.05, 0) is 55.2 Å². The molecule has 0 aliphatic heterocycles. The zero-order valence-corrected chi connectivity index (χ0v) is 17.8. The SMILES string of the molecule is C=C(O/N=C(/c1ccc(/C(C)=C/C)cc1)C(C)C)C(CCC)CC(C)C. The van der Waals surface area contributed by atoms with Gasteiger partial charge in [-0.15, -0.1) is 0 Å². The maximum Gasteiger partial charge on any atom is 0.131 e. The molecule has 0 spiro atoms. The summed E-state index contributed by atoms with van der Waals surface area (Å²) in [5.74, 6) is 2.08. The average Bonchev–Trinajstić information content (AvgIpc) is 2.60. The number of rotatable bonds is 10. The molecule has 0 fully saturated rings. The van der Waals surface area contributed by atoms with E-state index in [0.29, 0.717) is 11.8 Å². The van der Waals surface area contributed by atoms with E-state index in [1.807, 2.05) is 0 Å². The van der Waals surface area contributed by atoms with Gasteiger partial charge in [0.15, 0.2) is 0 Å². The fraction of sp³-hybridized carbons (Fsp3) is 0.542. The standard InChI is InChI=1S/C24H37NO/c1-9-11-23(16-17(3)4)20(8)26-25-24(18(5)6)22-14-12-21(13-15-22)19(7)10-2/h10,12-15,17-18,23H,8-9,11,16H2,1-7H3/b19-10+,25-24+. The Morgan fingerprint density at radius 3 is 2.15 bits per heavy atom. The highest BCUT2D eigenvalue weighted by Crippen LogP contribution is 2.25. The quantitative estimate of drug-likeness (QED) is 0.242. The first kappa shape index (κ1) is 22.2. The topological polar surface area (TPSA) is 21.6 Å². The van der Waals surface area contributed by atoms with E-state index in [0.717, 1.165) is 36.3 Å². The average molecular weight is 356 g/mol. The van der Waals surface area contributed by atoms with Gasteiger partial charge in [0.05, 0.1) is 5.71 Å². The predicted octanol–water partition coefficient (Wildman–Crippen LogP) is 7.46. The molecule has 1 unspecified atom stereocenters. The lowest BCUT2D eigenvalue weighted by atomic mass is 9.92. The summed E-state index contributed by atoms with van der Waals surface area (Å²) in [6.07, 6.45) is 5.45. The number of hydrogen-bond donors (Lipinski definition) is 0. The zero-order valence-electron chi connectivity index (χ0n) is 17.8. The summed E-state index contributed by atoms with van der Waals surface area (Å²) in [5, 5.41) is 4.50. The smallest absolute Gasteiger partial charge is 0.131 e. The third-order valence-corrected chi connectivity index (χ3v) is 4.73. The highest BCUT2D eigenvalue weighted by molar-refractivity contribution is 6.01. The summed E-state index contributed by atoms with van der Waals surface area (Å²) in [4.78, 5) is 5.82. The summed E-state index contributed by atoms with van der Waals surface area (Å²) < 4.78 is 0. The summed E-state index contributed by atoms with van der Waals surface area (Å²) in [6.45, 7) is 19.3. The Bertz CT molecular complexity index is 620. The van der Waals surface area contributed by atoms with Crippen molar-refractivity contribution in [3.8, 4) is 0 Å². The van der Waals surface area contributed by atoms with E-state index in [4.69, 9.17) is 4.84 Å². The summed E-state index contributed by atoms with van der Waals surface area (Å²) in [5.41, 5.74) is 4.59. The molecule has 0 saturated heterocycles. The van der Waals surface area contributed by atoms with Gasteiger partial charge in [0.2, 0.25) is 0 Å². The van der Waals surface area contributed by atoms with Gasteiger partial charge in [-0.1, -0.05) is 83.1 Å². The van der Waals surface area contributed by atoms with E-state index in [-0.39, 0.29) is 5.92 Å². The molecule has 2 heteroatoms. The number of oxime groups is 1. The lowest BCUT2D eigenvalue weighted by Gasteiger charge is -2.19. The predicted molar refractivity (Wildman–Crippen MR) is 115 cm³/mol. The Hall–Kier alpha value is -1.83. The van der Waals surface area contributed by atoms with Gasteiger partial charge in [-0.3, -0.25) is 0 Å². The molecule has 0 heterocycles. The molecule has 144 valence electrons. The first-order chi connectivity index (χ1) is 12.3. The molecule has 0 amide bonds. The second-order valence-electron chi connectivity index (χ2n) is 7.85. The van der Waals surface area contributed by atoms with Crippen molar-refractivity contribution in [2.75, 3.05) is 0 Å². The van der Waals surface area contributed by atoms with Crippen LogP contribution < -0.4 is 0 Å². The summed E-state index contributed by atoms with van der Waals surface area (Å²) >= 11 is 0. The Kier molecular flexibility index (Phi) is 9.40. The van der Waals surface area contributed by atoms with Crippen LogP contribution in [0.5, 0.6) is 0 Å². The van der Waals surface area contributed by atoms with Crippen LogP contribution in [0.25, 0.3) is 5.57 Å². The van der Waals surface area contributed by atoms with Crippen LogP contribution in [0.1, 0.15) is 78.9 Å². The molecular weight excluding hydrogens is 318 g/mol. The highest BCUT2D eigenvalue weighted by atomic mass is 16.6. The van der Waals surface area contributed by atoms with E-state index in [1.54, 1.807) is 0 Å².